The van der Waals surface area contributed by atoms with E-state index in [9.17, 15) is 0 Å². The van der Waals surface area contributed by atoms with Crippen molar-refractivity contribution in [1.82, 2.24) is 5.32 Å². The first-order valence-corrected chi connectivity index (χ1v) is 9.13. The Morgan fingerprint density at radius 3 is 2.42 bits per heavy atom. The lowest BCUT2D eigenvalue weighted by Crippen LogP contribution is -2.33. The fourth-order valence-corrected chi connectivity index (χ4v) is 6.06. The van der Waals surface area contributed by atoms with E-state index in [1.165, 1.54) is 44.9 Å². The van der Waals surface area contributed by atoms with Crippen molar-refractivity contribution in [3.05, 3.63) is 0 Å². The van der Waals surface area contributed by atoms with Crippen LogP contribution in [0.2, 0.25) is 0 Å². The zero-order chi connectivity index (χ0) is 12.8. The van der Waals surface area contributed by atoms with Gasteiger partial charge in [0.15, 0.2) is 0 Å². The lowest BCUT2D eigenvalue weighted by Gasteiger charge is -2.19. The second-order valence-electron chi connectivity index (χ2n) is 8.04. The number of rotatable bonds is 4. The summed E-state index contributed by atoms with van der Waals surface area (Å²) in [6.45, 7) is 2.35. The SMILES string of the molecule is CCCC1CCCC(NC2C3C4CCC(C4)C23)CC1. The van der Waals surface area contributed by atoms with E-state index in [0.717, 1.165) is 41.7 Å². The van der Waals surface area contributed by atoms with Crippen LogP contribution >= 0.6 is 0 Å². The first kappa shape index (κ1) is 12.7. The number of fused-ring (bicyclic) bond motifs is 5. The average Bonchev–Trinajstić information content (AvgIpc) is 2.87. The Bertz CT molecular complexity index is 310. The Hall–Kier alpha value is -0.0400. The van der Waals surface area contributed by atoms with Gasteiger partial charge in [-0.25, -0.2) is 0 Å². The van der Waals surface area contributed by atoms with E-state index in [0.29, 0.717) is 0 Å². The standard InChI is InChI=1S/C18H31N/c1-2-4-12-5-3-6-15(10-7-12)19-18-16-13-8-9-14(11-13)17(16)18/h12-19H,2-11H2,1H3. The van der Waals surface area contributed by atoms with Crippen molar-refractivity contribution >= 4 is 0 Å². The summed E-state index contributed by atoms with van der Waals surface area (Å²) in [6, 6.07) is 1.83. The van der Waals surface area contributed by atoms with E-state index in [-0.39, 0.29) is 0 Å². The first-order valence-electron chi connectivity index (χ1n) is 9.13. The summed E-state index contributed by atoms with van der Waals surface area (Å²) >= 11 is 0. The molecule has 2 bridgehead atoms. The van der Waals surface area contributed by atoms with Crippen molar-refractivity contribution in [1.29, 1.82) is 0 Å². The fourth-order valence-electron chi connectivity index (χ4n) is 6.06. The van der Waals surface area contributed by atoms with Crippen LogP contribution in [0, 0.1) is 29.6 Å². The highest BCUT2D eigenvalue weighted by Gasteiger charge is 2.64. The van der Waals surface area contributed by atoms with Gasteiger partial charge < -0.3 is 5.32 Å². The van der Waals surface area contributed by atoms with Crippen LogP contribution in [-0.4, -0.2) is 12.1 Å². The van der Waals surface area contributed by atoms with Crippen LogP contribution in [0.5, 0.6) is 0 Å². The fraction of sp³-hybridized carbons (Fsp3) is 1.00. The topological polar surface area (TPSA) is 12.0 Å². The van der Waals surface area contributed by atoms with Crippen LogP contribution in [0.25, 0.3) is 0 Å². The largest absolute Gasteiger partial charge is 0.311 e. The highest BCUT2D eigenvalue weighted by molar-refractivity contribution is 5.17. The third-order valence-electron chi connectivity index (χ3n) is 6.95. The first-order chi connectivity index (χ1) is 9.36. The predicted molar refractivity (Wildman–Crippen MR) is 80.0 cm³/mol. The van der Waals surface area contributed by atoms with E-state index in [1.807, 2.05) is 0 Å². The van der Waals surface area contributed by atoms with Gasteiger partial charge in [0.05, 0.1) is 0 Å². The molecule has 0 aromatic heterocycles. The van der Waals surface area contributed by atoms with Gasteiger partial charge in [-0.3, -0.25) is 0 Å². The summed E-state index contributed by atoms with van der Waals surface area (Å²) in [6.07, 6.45) is 15.0. The molecule has 0 amide bonds. The van der Waals surface area contributed by atoms with Crippen molar-refractivity contribution in [2.45, 2.75) is 83.2 Å². The summed E-state index contributed by atoms with van der Waals surface area (Å²) in [4.78, 5) is 0. The minimum atomic E-state index is 0.872. The normalized spacial score (nSPS) is 51.9. The third kappa shape index (κ3) is 2.26. The van der Waals surface area contributed by atoms with E-state index < -0.39 is 0 Å². The van der Waals surface area contributed by atoms with Gasteiger partial charge in [0, 0.05) is 12.1 Å². The molecular weight excluding hydrogens is 230 g/mol. The molecule has 0 saturated heterocycles. The van der Waals surface area contributed by atoms with Gasteiger partial charge in [-0.2, -0.15) is 0 Å². The van der Waals surface area contributed by atoms with Crippen LogP contribution in [0.1, 0.15) is 71.1 Å². The van der Waals surface area contributed by atoms with E-state index in [2.05, 4.69) is 12.2 Å². The molecule has 6 atom stereocenters. The van der Waals surface area contributed by atoms with Crippen LogP contribution in [0.4, 0.5) is 0 Å². The maximum atomic E-state index is 4.10. The summed E-state index contributed by atoms with van der Waals surface area (Å²) in [5, 5.41) is 4.10. The minimum absolute atomic E-state index is 0.872. The molecule has 4 fully saturated rings. The zero-order valence-corrected chi connectivity index (χ0v) is 12.6. The molecule has 0 aromatic rings. The molecule has 0 heterocycles. The molecule has 0 radical (unpaired) electrons. The molecule has 4 aliphatic carbocycles. The maximum absolute atomic E-state index is 4.10. The lowest BCUT2D eigenvalue weighted by atomic mass is 9.95. The molecule has 6 unspecified atom stereocenters. The molecule has 19 heavy (non-hydrogen) atoms. The quantitative estimate of drug-likeness (QED) is 0.741. The zero-order valence-electron chi connectivity index (χ0n) is 12.6. The molecule has 0 aromatic carbocycles. The molecule has 1 heteroatoms. The maximum Gasteiger partial charge on any atom is 0.0138 e. The summed E-state index contributed by atoms with van der Waals surface area (Å²) in [7, 11) is 0. The second kappa shape index (κ2) is 5.06. The van der Waals surface area contributed by atoms with E-state index in [1.54, 1.807) is 19.3 Å². The van der Waals surface area contributed by atoms with Crippen molar-refractivity contribution < 1.29 is 0 Å². The molecule has 0 spiro atoms. The van der Waals surface area contributed by atoms with Crippen molar-refractivity contribution in [3.8, 4) is 0 Å². The van der Waals surface area contributed by atoms with Gasteiger partial charge in [-0.1, -0.05) is 32.6 Å². The monoisotopic (exact) mass is 261 g/mol. The van der Waals surface area contributed by atoms with Gasteiger partial charge in [-0.15, -0.1) is 0 Å². The molecule has 1 N–H and O–H groups in total. The highest BCUT2D eigenvalue weighted by atomic mass is 15.0. The summed E-state index contributed by atoms with van der Waals surface area (Å²) in [5.41, 5.74) is 0. The molecule has 4 saturated carbocycles. The van der Waals surface area contributed by atoms with Crippen molar-refractivity contribution in [2.24, 2.45) is 29.6 Å². The van der Waals surface area contributed by atoms with Crippen LogP contribution < -0.4 is 5.32 Å². The molecule has 108 valence electrons. The Balaban J connectivity index is 1.28. The highest BCUT2D eigenvalue weighted by Crippen LogP contribution is 2.65. The Morgan fingerprint density at radius 1 is 0.895 bits per heavy atom. The average molecular weight is 261 g/mol. The second-order valence-corrected chi connectivity index (χ2v) is 8.04. The molecule has 4 aliphatic rings. The summed E-state index contributed by atoms with van der Waals surface area (Å²) in [5.74, 6) is 5.55. The van der Waals surface area contributed by atoms with Gasteiger partial charge in [0.2, 0.25) is 0 Å². The Labute approximate surface area is 118 Å². The number of hydrogen-bond donors (Lipinski definition) is 1. The minimum Gasteiger partial charge on any atom is -0.311 e. The summed E-state index contributed by atoms with van der Waals surface area (Å²) < 4.78 is 0. The lowest BCUT2D eigenvalue weighted by molar-refractivity contribution is 0.380. The smallest absolute Gasteiger partial charge is 0.0138 e. The van der Waals surface area contributed by atoms with E-state index in [4.69, 9.17) is 0 Å². The van der Waals surface area contributed by atoms with Crippen molar-refractivity contribution in [3.63, 3.8) is 0 Å². The van der Waals surface area contributed by atoms with Crippen LogP contribution in [0.15, 0.2) is 0 Å². The van der Waals surface area contributed by atoms with Crippen LogP contribution in [-0.2, 0) is 0 Å². The van der Waals surface area contributed by atoms with Crippen molar-refractivity contribution in [2.75, 3.05) is 0 Å². The number of nitrogens with one attached hydrogen (secondary N) is 1. The van der Waals surface area contributed by atoms with E-state index >= 15 is 0 Å². The van der Waals surface area contributed by atoms with Gasteiger partial charge in [0.25, 0.3) is 0 Å². The molecule has 0 aliphatic heterocycles. The van der Waals surface area contributed by atoms with Crippen LogP contribution in [0.3, 0.4) is 0 Å². The third-order valence-corrected chi connectivity index (χ3v) is 6.95. The Morgan fingerprint density at radius 2 is 1.68 bits per heavy atom. The van der Waals surface area contributed by atoms with Gasteiger partial charge >= 0.3 is 0 Å². The molecule has 4 rings (SSSR count). The van der Waals surface area contributed by atoms with Gasteiger partial charge in [-0.05, 0) is 68.1 Å². The molecule has 1 nitrogen and oxygen atoms in total. The van der Waals surface area contributed by atoms with Gasteiger partial charge in [0.1, 0.15) is 0 Å². The predicted octanol–water partition coefficient (Wildman–Crippen LogP) is 4.37. The molecular formula is C18H31N. The number of hydrogen-bond acceptors (Lipinski definition) is 1. The Kier molecular flexibility index (Phi) is 3.38.